The molecule has 0 aliphatic carbocycles. The minimum absolute atomic E-state index is 0.171. The number of rotatable bonds is 4. The van der Waals surface area contributed by atoms with Crippen LogP contribution in [0.15, 0.2) is 57.7 Å². The Morgan fingerprint density at radius 2 is 2.00 bits per heavy atom. The molecule has 0 atom stereocenters. The van der Waals surface area contributed by atoms with Crippen molar-refractivity contribution in [3.05, 3.63) is 75.1 Å². The van der Waals surface area contributed by atoms with Crippen LogP contribution < -0.4 is 10.4 Å². The molecule has 1 aromatic heterocycles. The molecule has 3 rings (SSSR count). The van der Waals surface area contributed by atoms with Gasteiger partial charge in [0.1, 0.15) is 24.2 Å². The summed E-state index contributed by atoms with van der Waals surface area (Å²) in [5.41, 5.74) is 1.20. The Bertz CT molecular complexity index is 899. The fourth-order valence-electron chi connectivity index (χ4n) is 2.16. The predicted molar refractivity (Wildman–Crippen MR) is 83.7 cm³/mol. The normalized spacial score (nSPS) is 10.6. The predicted octanol–water partition coefficient (Wildman–Crippen LogP) is 3.84. The standard InChI is InChI=1S/C17H11ClO4/c18-13-4-5-16-15(8-13)12(7-17(20)22-16)10-21-14-3-1-2-11(6-14)9-19/h1-9H,10H2. The van der Waals surface area contributed by atoms with Gasteiger partial charge < -0.3 is 9.15 Å². The zero-order chi connectivity index (χ0) is 15.5. The number of halogens is 1. The van der Waals surface area contributed by atoms with Gasteiger partial charge in [0.25, 0.3) is 0 Å². The van der Waals surface area contributed by atoms with Crippen LogP contribution in [0.2, 0.25) is 5.02 Å². The first-order valence-electron chi connectivity index (χ1n) is 6.56. The molecule has 0 amide bonds. The lowest BCUT2D eigenvalue weighted by atomic mass is 10.1. The first-order valence-corrected chi connectivity index (χ1v) is 6.94. The second kappa shape index (κ2) is 6.03. The molecule has 0 fully saturated rings. The first kappa shape index (κ1) is 14.4. The van der Waals surface area contributed by atoms with Crippen molar-refractivity contribution in [2.45, 2.75) is 6.61 Å². The fourth-order valence-corrected chi connectivity index (χ4v) is 2.33. The maximum atomic E-state index is 11.6. The molecule has 3 aromatic rings. The molecule has 0 radical (unpaired) electrons. The number of carbonyl (C=O) groups excluding carboxylic acids is 1. The summed E-state index contributed by atoms with van der Waals surface area (Å²) in [5, 5.41) is 1.27. The molecule has 0 N–H and O–H groups in total. The Balaban J connectivity index is 1.94. The van der Waals surface area contributed by atoms with Gasteiger partial charge in [0.05, 0.1) is 0 Å². The van der Waals surface area contributed by atoms with E-state index in [4.69, 9.17) is 20.8 Å². The van der Waals surface area contributed by atoms with E-state index >= 15 is 0 Å². The summed E-state index contributed by atoms with van der Waals surface area (Å²) < 4.78 is 10.8. The molecule has 0 aliphatic heterocycles. The van der Waals surface area contributed by atoms with Crippen LogP contribution >= 0.6 is 11.6 Å². The van der Waals surface area contributed by atoms with Gasteiger partial charge in [-0.15, -0.1) is 0 Å². The van der Waals surface area contributed by atoms with E-state index in [-0.39, 0.29) is 6.61 Å². The highest BCUT2D eigenvalue weighted by molar-refractivity contribution is 6.31. The quantitative estimate of drug-likeness (QED) is 0.542. The Hall–Kier alpha value is -2.59. The second-order valence-electron chi connectivity index (χ2n) is 4.71. The van der Waals surface area contributed by atoms with E-state index in [1.807, 2.05) is 0 Å². The maximum absolute atomic E-state index is 11.6. The summed E-state index contributed by atoms with van der Waals surface area (Å²) in [5.74, 6) is 0.549. The average molecular weight is 315 g/mol. The summed E-state index contributed by atoms with van der Waals surface area (Å²) in [6, 6.07) is 13.2. The number of hydrogen-bond acceptors (Lipinski definition) is 4. The Kier molecular flexibility index (Phi) is 3.94. The van der Waals surface area contributed by atoms with Crippen LogP contribution in [-0.2, 0) is 6.61 Å². The van der Waals surface area contributed by atoms with Crippen LogP contribution in [0.1, 0.15) is 15.9 Å². The van der Waals surface area contributed by atoms with Crippen molar-refractivity contribution in [1.82, 2.24) is 0 Å². The van der Waals surface area contributed by atoms with Crippen LogP contribution in [0.25, 0.3) is 11.0 Å². The van der Waals surface area contributed by atoms with Gasteiger partial charge in [-0.25, -0.2) is 4.79 Å². The Morgan fingerprint density at radius 3 is 2.82 bits per heavy atom. The molecule has 110 valence electrons. The largest absolute Gasteiger partial charge is 0.489 e. The molecule has 4 nitrogen and oxygen atoms in total. The van der Waals surface area contributed by atoms with Crippen molar-refractivity contribution in [3.63, 3.8) is 0 Å². The molecule has 2 aromatic carbocycles. The molecule has 1 heterocycles. The average Bonchev–Trinajstić information content (AvgIpc) is 2.53. The molecule has 22 heavy (non-hydrogen) atoms. The maximum Gasteiger partial charge on any atom is 0.336 e. The van der Waals surface area contributed by atoms with Gasteiger partial charge in [0, 0.05) is 27.6 Å². The number of ether oxygens (including phenoxy) is 1. The fraction of sp³-hybridized carbons (Fsp3) is 0.0588. The summed E-state index contributed by atoms with van der Waals surface area (Å²) in [7, 11) is 0. The van der Waals surface area contributed by atoms with Crippen molar-refractivity contribution in [2.24, 2.45) is 0 Å². The molecule has 0 aliphatic rings. The monoisotopic (exact) mass is 314 g/mol. The SMILES string of the molecule is O=Cc1cccc(OCc2cc(=O)oc3ccc(Cl)cc23)c1. The minimum Gasteiger partial charge on any atom is -0.489 e. The highest BCUT2D eigenvalue weighted by Gasteiger charge is 2.07. The van der Waals surface area contributed by atoms with Gasteiger partial charge in [0.15, 0.2) is 0 Å². The lowest BCUT2D eigenvalue weighted by Gasteiger charge is -2.09. The number of hydrogen-bond donors (Lipinski definition) is 0. The van der Waals surface area contributed by atoms with Crippen molar-refractivity contribution >= 4 is 28.9 Å². The smallest absolute Gasteiger partial charge is 0.336 e. The van der Waals surface area contributed by atoms with Gasteiger partial charge in [-0.1, -0.05) is 23.7 Å². The van der Waals surface area contributed by atoms with Gasteiger partial charge in [-0.2, -0.15) is 0 Å². The zero-order valence-electron chi connectivity index (χ0n) is 11.4. The second-order valence-corrected chi connectivity index (χ2v) is 5.15. The lowest BCUT2D eigenvalue weighted by molar-refractivity contribution is 0.112. The molecule has 0 unspecified atom stereocenters. The van der Waals surface area contributed by atoms with Crippen LogP contribution in [-0.4, -0.2) is 6.29 Å². The van der Waals surface area contributed by atoms with Crippen LogP contribution in [0.4, 0.5) is 0 Å². The van der Waals surface area contributed by atoms with Crippen molar-refractivity contribution in [2.75, 3.05) is 0 Å². The molecule has 0 saturated heterocycles. The highest BCUT2D eigenvalue weighted by atomic mass is 35.5. The summed E-state index contributed by atoms with van der Waals surface area (Å²) >= 11 is 5.99. The first-order chi connectivity index (χ1) is 10.7. The molecule has 5 heteroatoms. The van der Waals surface area contributed by atoms with Gasteiger partial charge >= 0.3 is 5.63 Å². The van der Waals surface area contributed by atoms with E-state index < -0.39 is 5.63 Å². The third kappa shape index (κ3) is 3.02. The summed E-state index contributed by atoms with van der Waals surface area (Å²) in [6.45, 7) is 0.171. The minimum atomic E-state index is -0.449. The molecular weight excluding hydrogens is 304 g/mol. The van der Waals surface area contributed by atoms with E-state index in [0.717, 1.165) is 11.7 Å². The third-order valence-corrected chi connectivity index (χ3v) is 3.41. The molecular formula is C17H11ClO4. The van der Waals surface area contributed by atoms with Crippen LogP contribution in [0.5, 0.6) is 5.75 Å². The van der Waals surface area contributed by atoms with E-state index in [0.29, 0.717) is 27.5 Å². The number of benzene rings is 2. The lowest BCUT2D eigenvalue weighted by Crippen LogP contribution is -2.04. The third-order valence-electron chi connectivity index (χ3n) is 3.18. The molecule has 0 spiro atoms. The molecule has 0 bridgehead atoms. The van der Waals surface area contributed by atoms with Gasteiger partial charge in [-0.3, -0.25) is 4.79 Å². The van der Waals surface area contributed by atoms with E-state index in [2.05, 4.69) is 0 Å². The van der Waals surface area contributed by atoms with Gasteiger partial charge in [-0.05, 0) is 30.3 Å². The number of aldehydes is 1. The van der Waals surface area contributed by atoms with E-state index in [9.17, 15) is 9.59 Å². The Labute approximate surface area is 130 Å². The summed E-state index contributed by atoms with van der Waals surface area (Å²) in [6.07, 6.45) is 0.749. The van der Waals surface area contributed by atoms with Crippen molar-refractivity contribution in [1.29, 1.82) is 0 Å². The van der Waals surface area contributed by atoms with Gasteiger partial charge in [0.2, 0.25) is 0 Å². The topological polar surface area (TPSA) is 56.5 Å². The van der Waals surface area contributed by atoms with Crippen molar-refractivity contribution < 1.29 is 13.9 Å². The summed E-state index contributed by atoms with van der Waals surface area (Å²) in [4.78, 5) is 22.4. The van der Waals surface area contributed by atoms with E-state index in [1.54, 1.807) is 42.5 Å². The van der Waals surface area contributed by atoms with Crippen LogP contribution in [0.3, 0.4) is 0 Å². The highest BCUT2D eigenvalue weighted by Crippen LogP contribution is 2.23. The zero-order valence-corrected chi connectivity index (χ0v) is 12.2. The van der Waals surface area contributed by atoms with Crippen molar-refractivity contribution in [3.8, 4) is 5.75 Å². The number of carbonyl (C=O) groups is 1. The molecule has 0 saturated carbocycles. The van der Waals surface area contributed by atoms with E-state index in [1.165, 1.54) is 6.07 Å². The number of fused-ring (bicyclic) bond motifs is 1. The Morgan fingerprint density at radius 1 is 1.14 bits per heavy atom. The van der Waals surface area contributed by atoms with Crippen LogP contribution in [0, 0.1) is 0 Å².